The van der Waals surface area contributed by atoms with Crippen LogP contribution in [0.1, 0.15) is 27.6 Å². The molecule has 0 atom stereocenters. The maximum atomic E-state index is 12.2. The molecule has 10 heteroatoms. The number of hydrogen-bond acceptors (Lipinski definition) is 7. The first kappa shape index (κ1) is 15.3. The van der Waals surface area contributed by atoms with E-state index in [1.165, 1.54) is 11.7 Å². The van der Waals surface area contributed by atoms with E-state index in [-0.39, 0.29) is 5.91 Å². The molecule has 3 rings (SSSR count). The SMILES string of the molecule is Cc1nsnc1Cn1nnc(C(=O)NCCn2cccn2)c1C. The van der Waals surface area contributed by atoms with Gasteiger partial charge in [0.15, 0.2) is 5.69 Å². The predicted molar refractivity (Wildman–Crippen MR) is 83.1 cm³/mol. The van der Waals surface area contributed by atoms with Gasteiger partial charge in [-0.25, -0.2) is 4.68 Å². The molecule has 3 aromatic heterocycles. The van der Waals surface area contributed by atoms with Crippen molar-refractivity contribution in [1.82, 2.24) is 38.8 Å². The zero-order valence-corrected chi connectivity index (χ0v) is 13.6. The summed E-state index contributed by atoms with van der Waals surface area (Å²) in [6.45, 7) is 5.25. The van der Waals surface area contributed by atoms with Crippen LogP contribution < -0.4 is 5.32 Å². The summed E-state index contributed by atoms with van der Waals surface area (Å²) in [5.41, 5.74) is 2.74. The van der Waals surface area contributed by atoms with E-state index in [9.17, 15) is 4.79 Å². The van der Waals surface area contributed by atoms with Gasteiger partial charge in [-0.15, -0.1) is 5.10 Å². The minimum Gasteiger partial charge on any atom is -0.349 e. The molecular weight excluding hydrogens is 316 g/mol. The molecule has 0 radical (unpaired) electrons. The molecule has 0 fully saturated rings. The maximum Gasteiger partial charge on any atom is 0.273 e. The van der Waals surface area contributed by atoms with E-state index in [0.29, 0.717) is 31.0 Å². The number of aromatic nitrogens is 7. The fraction of sp³-hybridized carbons (Fsp3) is 0.385. The van der Waals surface area contributed by atoms with Crippen LogP contribution in [0.2, 0.25) is 0 Å². The van der Waals surface area contributed by atoms with Gasteiger partial charge in [-0.2, -0.15) is 13.8 Å². The lowest BCUT2D eigenvalue weighted by atomic mass is 10.3. The summed E-state index contributed by atoms with van der Waals surface area (Å²) in [7, 11) is 0. The fourth-order valence-corrected chi connectivity index (χ4v) is 2.61. The summed E-state index contributed by atoms with van der Waals surface area (Å²) >= 11 is 1.17. The Morgan fingerprint density at radius 2 is 2.22 bits per heavy atom. The number of aryl methyl sites for hydroxylation is 1. The lowest BCUT2D eigenvalue weighted by molar-refractivity contribution is 0.0946. The minimum atomic E-state index is -0.242. The molecule has 0 aliphatic carbocycles. The van der Waals surface area contributed by atoms with Crippen LogP contribution in [0.5, 0.6) is 0 Å². The number of hydrogen-bond donors (Lipinski definition) is 1. The highest BCUT2D eigenvalue weighted by Crippen LogP contribution is 2.09. The van der Waals surface area contributed by atoms with Gasteiger partial charge in [0.1, 0.15) is 0 Å². The Hall–Kier alpha value is -2.62. The van der Waals surface area contributed by atoms with Crippen LogP contribution in [0.25, 0.3) is 0 Å². The van der Waals surface area contributed by atoms with E-state index in [1.54, 1.807) is 15.6 Å². The quantitative estimate of drug-likeness (QED) is 0.702. The van der Waals surface area contributed by atoms with Crippen LogP contribution >= 0.6 is 11.7 Å². The van der Waals surface area contributed by atoms with Gasteiger partial charge >= 0.3 is 0 Å². The highest BCUT2D eigenvalue weighted by molar-refractivity contribution is 6.99. The summed E-state index contributed by atoms with van der Waals surface area (Å²) in [6.07, 6.45) is 3.55. The van der Waals surface area contributed by atoms with Gasteiger partial charge in [-0.1, -0.05) is 5.21 Å². The number of amides is 1. The maximum absolute atomic E-state index is 12.2. The number of rotatable bonds is 6. The average Bonchev–Trinajstić information content (AvgIpc) is 3.24. The van der Waals surface area contributed by atoms with E-state index in [4.69, 9.17) is 0 Å². The van der Waals surface area contributed by atoms with Gasteiger partial charge in [0.2, 0.25) is 0 Å². The third-order valence-electron chi connectivity index (χ3n) is 3.43. The highest BCUT2D eigenvalue weighted by Gasteiger charge is 2.17. The molecule has 0 bridgehead atoms. The first-order chi connectivity index (χ1) is 11.1. The normalized spacial score (nSPS) is 10.9. The van der Waals surface area contributed by atoms with Crippen molar-refractivity contribution in [2.24, 2.45) is 0 Å². The van der Waals surface area contributed by atoms with Crippen molar-refractivity contribution >= 4 is 17.6 Å². The summed E-state index contributed by atoms with van der Waals surface area (Å²) in [4.78, 5) is 12.2. The lowest BCUT2D eigenvalue weighted by Crippen LogP contribution is -2.28. The van der Waals surface area contributed by atoms with Crippen LogP contribution in [0.4, 0.5) is 0 Å². The zero-order chi connectivity index (χ0) is 16.2. The van der Waals surface area contributed by atoms with Crippen molar-refractivity contribution in [2.45, 2.75) is 26.9 Å². The number of nitrogens with zero attached hydrogens (tertiary/aromatic N) is 7. The van der Waals surface area contributed by atoms with E-state index in [2.05, 4.69) is 29.5 Å². The van der Waals surface area contributed by atoms with Crippen molar-refractivity contribution in [2.75, 3.05) is 6.54 Å². The van der Waals surface area contributed by atoms with Gasteiger partial charge < -0.3 is 5.32 Å². The molecule has 23 heavy (non-hydrogen) atoms. The summed E-state index contributed by atoms with van der Waals surface area (Å²) in [5.74, 6) is -0.242. The second kappa shape index (κ2) is 6.65. The van der Waals surface area contributed by atoms with E-state index < -0.39 is 0 Å². The third-order valence-corrected chi connectivity index (χ3v) is 4.09. The Bertz CT molecular complexity index is 791. The largest absolute Gasteiger partial charge is 0.349 e. The molecule has 1 amide bonds. The van der Waals surface area contributed by atoms with Gasteiger partial charge in [-0.3, -0.25) is 9.48 Å². The molecule has 120 valence electrons. The van der Waals surface area contributed by atoms with Crippen molar-refractivity contribution in [3.63, 3.8) is 0 Å². The smallest absolute Gasteiger partial charge is 0.273 e. The Morgan fingerprint density at radius 1 is 1.35 bits per heavy atom. The Morgan fingerprint density at radius 3 is 2.91 bits per heavy atom. The van der Waals surface area contributed by atoms with Crippen LogP contribution in [0, 0.1) is 13.8 Å². The summed E-state index contributed by atoms with van der Waals surface area (Å²) in [5, 5.41) is 14.9. The molecule has 0 spiro atoms. The molecule has 0 aromatic carbocycles. The number of carbonyl (C=O) groups excluding carboxylic acids is 1. The molecule has 0 unspecified atom stereocenters. The summed E-state index contributed by atoms with van der Waals surface area (Å²) < 4.78 is 11.8. The van der Waals surface area contributed by atoms with Gasteiger partial charge in [0.05, 0.1) is 41.9 Å². The first-order valence-corrected chi connectivity index (χ1v) is 7.82. The Kier molecular flexibility index (Phi) is 4.42. The van der Waals surface area contributed by atoms with Gasteiger partial charge in [0, 0.05) is 18.9 Å². The number of nitrogens with one attached hydrogen (secondary N) is 1. The number of carbonyl (C=O) groups is 1. The van der Waals surface area contributed by atoms with E-state index in [1.807, 2.05) is 26.1 Å². The lowest BCUT2D eigenvalue weighted by Gasteiger charge is -2.05. The van der Waals surface area contributed by atoms with Gasteiger partial charge in [0.25, 0.3) is 5.91 Å². The molecule has 1 N–H and O–H groups in total. The standard InChI is InChI=1S/C13H16N8OS/c1-9-11(18-23-17-9)8-21-10(2)12(16-19-21)13(22)14-5-7-20-6-3-4-15-20/h3-4,6H,5,7-8H2,1-2H3,(H,14,22). The van der Waals surface area contributed by atoms with Crippen molar-refractivity contribution in [3.8, 4) is 0 Å². The topological polar surface area (TPSA) is 103 Å². The van der Waals surface area contributed by atoms with E-state index >= 15 is 0 Å². The fourth-order valence-electron chi connectivity index (χ4n) is 2.06. The second-order valence-electron chi connectivity index (χ2n) is 5.00. The summed E-state index contributed by atoms with van der Waals surface area (Å²) in [6, 6.07) is 1.84. The predicted octanol–water partition coefficient (Wildman–Crippen LogP) is 0.421. The molecule has 0 aliphatic heterocycles. The molecule has 9 nitrogen and oxygen atoms in total. The highest BCUT2D eigenvalue weighted by atomic mass is 32.1. The minimum absolute atomic E-state index is 0.242. The second-order valence-corrected chi connectivity index (χ2v) is 5.53. The molecule has 0 saturated heterocycles. The third kappa shape index (κ3) is 3.42. The molecule has 3 heterocycles. The molecule has 0 saturated carbocycles. The van der Waals surface area contributed by atoms with Gasteiger partial charge in [-0.05, 0) is 19.9 Å². The van der Waals surface area contributed by atoms with Crippen molar-refractivity contribution in [3.05, 3.63) is 41.2 Å². The van der Waals surface area contributed by atoms with E-state index in [0.717, 1.165) is 11.4 Å². The van der Waals surface area contributed by atoms with Crippen LogP contribution in [0.15, 0.2) is 18.5 Å². The monoisotopic (exact) mass is 332 g/mol. The molecule has 0 aliphatic rings. The zero-order valence-electron chi connectivity index (χ0n) is 12.8. The average molecular weight is 332 g/mol. The molecular formula is C13H16N8OS. The van der Waals surface area contributed by atoms with Crippen LogP contribution in [0.3, 0.4) is 0 Å². The first-order valence-electron chi connectivity index (χ1n) is 7.09. The van der Waals surface area contributed by atoms with Crippen LogP contribution in [-0.4, -0.2) is 46.0 Å². The Labute approximate surface area is 136 Å². The van der Waals surface area contributed by atoms with Crippen molar-refractivity contribution in [1.29, 1.82) is 0 Å². The van der Waals surface area contributed by atoms with Crippen LogP contribution in [-0.2, 0) is 13.1 Å². The van der Waals surface area contributed by atoms with Crippen molar-refractivity contribution < 1.29 is 4.79 Å². The molecule has 3 aromatic rings. The Balaban J connectivity index is 1.61.